The van der Waals surface area contributed by atoms with Gasteiger partial charge in [-0.25, -0.2) is 9.36 Å². The molecule has 1 aliphatic rings. The highest BCUT2D eigenvalue weighted by atomic mass is 16.5. The number of H-pyrrole nitrogens is 1. The number of ether oxygens (including phenoxy) is 2. The van der Waals surface area contributed by atoms with Crippen molar-refractivity contribution in [3.05, 3.63) is 116 Å². The number of aromatic amines is 1. The summed E-state index contributed by atoms with van der Waals surface area (Å²) in [7, 11) is 0. The van der Waals surface area contributed by atoms with Crippen LogP contribution in [0, 0.1) is 6.92 Å². The van der Waals surface area contributed by atoms with Gasteiger partial charge in [-0.3, -0.25) is 14.5 Å². The Morgan fingerprint density at radius 2 is 1.42 bits per heavy atom. The van der Waals surface area contributed by atoms with Gasteiger partial charge in [0.15, 0.2) is 0 Å². The molecule has 0 radical (unpaired) electrons. The number of amides is 1. The summed E-state index contributed by atoms with van der Waals surface area (Å²) >= 11 is 0. The second-order valence-corrected chi connectivity index (χ2v) is 8.08. The second kappa shape index (κ2) is 13.2. The number of aryl methyl sites for hydroxylation is 1. The third kappa shape index (κ3) is 7.51. The van der Waals surface area contributed by atoms with Crippen LogP contribution in [0.15, 0.2) is 88.2 Å². The number of hydrogen-bond donors (Lipinski definition) is 3. The van der Waals surface area contributed by atoms with Crippen LogP contribution in [0.2, 0.25) is 0 Å². The monoisotopic (exact) mass is 494 g/mol. The van der Waals surface area contributed by atoms with Crippen LogP contribution in [-0.4, -0.2) is 38.5 Å². The van der Waals surface area contributed by atoms with Crippen molar-refractivity contribution in [2.24, 2.45) is 0 Å². The van der Waals surface area contributed by atoms with Crippen LogP contribution in [0.3, 0.4) is 0 Å². The van der Waals surface area contributed by atoms with Gasteiger partial charge < -0.3 is 24.9 Å². The zero-order chi connectivity index (χ0) is 25.9. The molecule has 0 bridgehead atoms. The average molecular weight is 495 g/mol. The minimum atomic E-state index is -1.03. The number of carbonyl (C=O) groups is 1. The van der Waals surface area contributed by atoms with Gasteiger partial charge in [-0.15, -0.1) is 0 Å². The Bertz CT molecular complexity index is 1270. The summed E-state index contributed by atoms with van der Waals surface area (Å²) in [4.78, 5) is 38.6. The van der Waals surface area contributed by atoms with E-state index in [2.05, 4.69) is 10.3 Å². The van der Waals surface area contributed by atoms with Gasteiger partial charge in [0.05, 0.1) is 13.2 Å². The van der Waals surface area contributed by atoms with Gasteiger partial charge in [0.25, 0.3) is 11.5 Å². The molecular formula is C26H30N4O6. The summed E-state index contributed by atoms with van der Waals surface area (Å²) in [6.07, 6.45) is 1.87. The maximum Gasteiger partial charge on any atom is 0.330 e. The quantitative estimate of drug-likeness (QED) is 0.436. The third-order valence-corrected chi connectivity index (χ3v) is 5.26. The molecule has 1 aromatic heterocycles. The van der Waals surface area contributed by atoms with Crippen molar-refractivity contribution >= 4 is 5.91 Å². The molecule has 10 heteroatoms. The lowest BCUT2D eigenvalue weighted by atomic mass is 10.2. The van der Waals surface area contributed by atoms with Crippen LogP contribution in [0.5, 0.6) is 0 Å². The molecule has 190 valence electrons. The average Bonchev–Trinajstić information content (AvgIpc) is 2.90. The van der Waals surface area contributed by atoms with Crippen molar-refractivity contribution in [1.82, 2.24) is 19.8 Å². The number of carbonyl (C=O) groups excluding carboxylic acids is 1. The molecule has 2 aromatic carbocycles. The first kappa shape index (κ1) is 26.6. The lowest BCUT2D eigenvalue weighted by molar-refractivity contribution is -0.152. The van der Waals surface area contributed by atoms with E-state index in [-0.39, 0.29) is 24.9 Å². The van der Waals surface area contributed by atoms with Crippen LogP contribution in [-0.2, 0) is 34.2 Å². The number of aliphatic hydroxyl groups excluding tert-OH is 1. The van der Waals surface area contributed by atoms with E-state index in [0.29, 0.717) is 24.4 Å². The highest BCUT2D eigenvalue weighted by Crippen LogP contribution is 2.09. The van der Waals surface area contributed by atoms with Gasteiger partial charge in [-0.2, -0.15) is 0 Å². The van der Waals surface area contributed by atoms with Crippen LogP contribution in [0.4, 0.5) is 0 Å². The lowest BCUT2D eigenvalue weighted by Crippen LogP contribution is -2.51. The number of aromatic nitrogens is 2. The van der Waals surface area contributed by atoms with Crippen molar-refractivity contribution in [3.63, 3.8) is 0 Å². The molecule has 0 spiro atoms. The van der Waals surface area contributed by atoms with Crippen LogP contribution in [0.1, 0.15) is 23.6 Å². The van der Waals surface area contributed by atoms with E-state index < -0.39 is 12.0 Å². The molecule has 2 heterocycles. The van der Waals surface area contributed by atoms with Crippen LogP contribution < -0.4 is 16.6 Å². The highest BCUT2D eigenvalue weighted by molar-refractivity contribution is 5.93. The van der Waals surface area contributed by atoms with Gasteiger partial charge in [-0.05, 0) is 25.0 Å². The molecule has 3 aromatic rings. The van der Waals surface area contributed by atoms with Gasteiger partial charge in [-0.1, -0.05) is 60.7 Å². The minimum Gasteiger partial charge on any atom is -0.356 e. The zero-order valence-corrected chi connectivity index (χ0v) is 20.2. The molecule has 36 heavy (non-hydrogen) atoms. The molecule has 0 saturated carbocycles. The molecule has 1 atom stereocenters. The Kier molecular flexibility index (Phi) is 9.75. The molecule has 1 amide bonds. The number of rotatable bonds is 8. The predicted octanol–water partition coefficient (Wildman–Crippen LogP) is 1.79. The number of nitrogens with one attached hydrogen (secondary N) is 2. The SMILES string of the molecule is CC1=CNC(O)N(COCc2ccccc2)C1=O.Cc1c[nH]c(=O)n(COCc2ccccc2)c1=O. The lowest BCUT2D eigenvalue weighted by Gasteiger charge is -2.31. The Labute approximate surface area is 208 Å². The fraction of sp³-hybridized carbons (Fsp3) is 0.269. The topological polar surface area (TPSA) is 126 Å². The first-order valence-electron chi connectivity index (χ1n) is 11.3. The van der Waals surface area contributed by atoms with Crippen molar-refractivity contribution in [1.29, 1.82) is 0 Å². The van der Waals surface area contributed by atoms with Crippen LogP contribution >= 0.6 is 0 Å². The first-order valence-corrected chi connectivity index (χ1v) is 11.3. The number of hydrogen-bond acceptors (Lipinski definition) is 7. The van der Waals surface area contributed by atoms with Gasteiger partial charge in [0.1, 0.15) is 13.5 Å². The molecule has 1 aliphatic heterocycles. The Morgan fingerprint density at radius 3 is 2.00 bits per heavy atom. The summed E-state index contributed by atoms with van der Waals surface area (Å²) in [5, 5.41) is 12.3. The van der Waals surface area contributed by atoms with E-state index in [1.807, 2.05) is 60.7 Å². The second-order valence-electron chi connectivity index (χ2n) is 8.08. The Morgan fingerprint density at radius 1 is 0.861 bits per heavy atom. The summed E-state index contributed by atoms with van der Waals surface area (Å²) in [5.74, 6) is -0.227. The van der Waals surface area contributed by atoms with Gasteiger partial charge in [0, 0.05) is 23.5 Å². The smallest absolute Gasteiger partial charge is 0.330 e. The van der Waals surface area contributed by atoms with Crippen LogP contribution in [0.25, 0.3) is 0 Å². The largest absolute Gasteiger partial charge is 0.356 e. The summed E-state index contributed by atoms with van der Waals surface area (Å²) in [5.41, 5.74) is 2.26. The van der Waals surface area contributed by atoms with E-state index in [9.17, 15) is 19.5 Å². The maximum absolute atomic E-state index is 11.8. The normalized spacial score (nSPS) is 15.0. The van der Waals surface area contributed by atoms with E-state index in [1.54, 1.807) is 13.8 Å². The van der Waals surface area contributed by atoms with E-state index in [4.69, 9.17) is 9.47 Å². The predicted molar refractivity (Wildman–Crippen MR) is 133 cm³/mol. The summed E-state index contributed by atoms with van der Waals surface area (Å²) in [6, 6.07) is 19.2. The maximum atomic E-state index is 11.8. The molecule has 1 unspecified atom stereocenters. The molecule has 10 nitrogen and oxygen atoms in total. The van der Waals surface area contributed by atoms with Crippen molar-refractivity contribution in [3.8, 4) is 0 Å². The molecule has 0 saturated heterocycles. The molecule has 0 aliphatic carbocycles. The van der Waals surface area contributed by atoms with E-state index in [0.717, 1.165) is 15.7 Å². The zero-order valence-electron chi connectivity index (χ0n) is 20.2. The van der Waals surface area contributed by atoms with Crippen molar-refractivity contribution in [2.45, 2.75) is 40.1 Å². The van der Waals surface area contributed by atoms with Gasteiger partial charge >= 0.3 is 5.69 Å². The molecule has 4 rings (SSSR count). The third-order valence-electron chi connectivity index (χ3n) is 5.26. The van der Waals surface area contributed by atoms with Crippen molar-refractivity contribution < 1.29 is 19.4 Å². The number of aliphatic hydroxyl groups is 1. The summed E-state index contributed by atoms with van der Waals surface area (Å²) < 4.78 is 11.8. The standard InChI is InChI=1S/C13H16N2O3.C13H14N2O3/c2*1-10-7-14-13(17)15(12(10)16)9-18-8-11-5-3-2-4-6-11/h2-7,13-14,17H,8-9H2,1H3;2-7H,8-9H2,1H3,(H,14,17). The fourth-order valence-electron chi connectivity index (χ4n) is 3.22. The highest BCUT2D eigenvalue weighted by Gasteiger charge is 2.26. The first-order chi connectivity index (χ1) is 17.4. The number of benzene rings is 2. The van der Waals surface area contributed by atoms with Crippen molar-refractivity contribution in [2.75, 3.05) is 6.73 Å². The van der Waals surface area contributed by atoms with Gasteiger partial charge in [0.2, 0.25) is 6.35 Å². The molecule has 3 N–H and O–H groups in total. The molecular weight excluding hydrogens is 464 g/mol. The minimum absolute atomic E-state index is 0.0487. The van der Waals surface area contributed by atoms with E-state index in [1.165, 1.54) is 17.3 Å². The summed E-state index contributed by atoms with van der Waals surface area (Å²) in [6.45, 7) is 4.09. The van der Waals surface area contributed by atoms with E-state index >= 15 is 0 Å². The molecule has 0 fully saturated rings. The fourth-order valence-corrected chi connectivity index (χ4v) is 3.22. The Hall–Kier alpha value is -3.99. The number of nitrogens with zero attached hydrogens (tertiary/aromatic N) is 2. The Balaban J connectivity index is 0.000000201.